The lowest BCUT2D eigenvalue weighted by Crippen LogP contribution is -2.44. The van der Waals surface area contributed by atoms with E-state index in [1.807, 2.05) is 0 Å². The van der Waals surface area contributed by atoms with E-state index in [0.29, 0.717) is 11.1 Å². The van der Waals surface area contributed by atoms with E-state index in [-0.39, 0.29) is 17.9 Å². The zero-order valence-electron chi connectivity index (χ0n) is 15.3. The van der Waals surface area contributed by atoms with Crippen molar-refractivity contribution in [1.29, 1.82) is 0 Å². The van der Waals surface area contributed by atoms with Crippen molar-refractivity contribution in [2.75, 3.05) is 18.1 Å². The average Bonchev–Trinajstić information content (AvgIpc) is 3.14. The van der Waals surface area contributed by atoms with Crippen LogP contribution in [-0.2, 0) is 6.18 Å². The molecule has 1 aliphatic heterocycles. The van der Waals surface area contributed by atoms with Crippen LogP contribution in [-0.4, -0.2) is 33.9 Å². The first-order chi connectivity index (χ1) is 13.8. The van der Waals surface area contributed by atoms with Crippen molar-refractivity contribution < 1.29 is 22.4 Å². The Kier molecular flexibility index (Phi) is 4.60. The molecule has 1 aliphatic rings. The molecule has 29 heavy (non-hydrogen) atoms. The minimum absolute atomic E-state index is 0.0236. The van der Waals surface area contributed by atoms with E-state index in [4.69, 9.17) is 0 Å². The van der Waals surface area contributed by atoms with Gasteiger partial charge < -0.3 is 4.90 Å². The van der Waals surface area contributed by atoms with Gasteiger partial charge in [-0.2, -0.15) is 18.3 Å². The number of benzene rings is 1. The van der Waals surface area contributed by atoms with Gasteiger partial charge in [0.05, 0.1) is 24.3 Å². The van der Waals surface area contributed by atoms with Gasteiger partial charge in [-0.3, -0.25) is 14.5 Å². The van der Waals surface area contributed by atoms with Crippen LogP contribution in [0.3, 0.4) is 0 Å². The summed E-state index contributed by atoms with van der Waals surface area (Å²) < 4.78 is 53.6. The molecule has 4 rings (SSSR count). The number of carbonyl (C=O) groups excluding carboxylic acids is 1. The number of carbonyl (C=O) groups is 1. The van der Waals surface area contributed by atoms with Crippen LogP contribution >= 0.6 is 0 Å². The summed E-state index contributed by atoms with van der Waals surface area (Å²) in [5.41, 5.74) is 1.63. The molecule has 0 bridgehead atoms. The van der Waals surface area contributed by atoms with Crippen LogP contribution in [0.4, 0.5) is 23.2 Å². The molecule has 0 N–H and O–H groups in total. The monoisotopic (exact) mass is 404 g/mol. The predicted octanol–water partition coefficient (Wildman–Crippen LogP) is 4.44. The molecule has 5 nitrogen and oxygen atoms in total. The normalized spacial score (nSPS) is 16.8. The number of alkyl halides is 4. The highest BCUT2D eigenvalue weighted by Crippen LogP contribution is 2.35. The molecule has 3 heterocycles. The molecule has 3 aromatic rings. The van der Waals surface area contributed by atoms with E-state index in [9.17, 15) is 22.4 Å². The van der Waals surface area contributed by atoms with Gasteiger partial charge in [0.25, 0.3) is 5.91 Å². The van der Waals surface area contributed by atoms with Crippen molar-refractivity contribution in [3.8, 4) is 11.1 Å². The summed E-state index contributed by atoms with van der Waals surface area (Å²) >= 11 is 0. The fourth-order valence-electron chi connectivity index (χ4n) is 3.44. The van der Waals surface area contributed by atoms with Crippen LogP contribution in [0, 0.1) is 6.92 Å². The minimum atomic E-state index is -4.48. The molecule has 1 aromatic carbocycles. The number of nitrogens with zero attached hydrogens (tertiary/aromatic N) is 4. The molecule has 0 saturated heterocycles. The van der Waals surface area contributed by atoms with E-state index in [1.165, 1.54) is 27.9 Å². The minimum Gasteiger partial charge on any atom is -0.305 e. The number of rotatable bonds is 3. The Morgan fingerprint density at radius 3 is 2.52 bits per heavy atom. The Morgan fingerprint density at radius 1 is 1.17 bits per heavy atom. The second-order valence-electron chi connectivity index (χ2n) is 6.81. The molecule has 0 aliphatic carbocycles. The van der Waals surface area contributed by atoms with E-state index < -0.39 is 30.4 Å². The van der Waals surface area contributed by atoms with E-state index in [0.717, 1.165) is 17.8 Å². The number of aryl methyl sites for hydroxylation is 1. The summed E-state index contributed by atoms with van der Waals surface area (Å²) in [6, 6.07) is 7.03. The third-order valence-corrected chi connectivity index (χ3v) is 4.87. The van der Waals surface area contributed by atoms with Gasteiger partial charge in [-0.05, 0) is 48.9 Å². The average molecular weight is 404 g/mol. The number of hydrogen-bond donors (Lipinski definition) is 0. The Balaban J connectivity index is 1.77. The molecular formula is C20H16F4N4O. The van der Waals surface area contributed by atoms with Crippen molar-refractivity contribution >= 4 is 11.6 Å². The number of aromatic nitrogens is 3. The molecule has 2 aromatic heterocycles. The number of anilines is 1. The standard InChI is InChI=1S/C20H16F4N4O/c1-12-8-13(6-7-25-12)17-10-26-28-16(9-21)11-27(19(29)18(17)28)15-4-2-14(3-5-15)20(22,23)24/h2-8,10,16H,9,11H2,1H3. The SMILES string of the molecule is Cc1cc(-c2cnn3c2C(=O)N(c2ccc(C(F)(F)F)cc2)CC3CF)ccn1. The Labute approximate surface area is 163 Å². The van der Waals surface area contributed by atoms with E-state index in [1.54, 1.807) is 25.3 Å². The van der Waals surface area contributed by atoms with Gasteiger partial charge in [0, 0.05) is 23.1 Å². The number of amides is 1. The van der Waals surface area contributed by atoms with Gasteiger partial charge in [0.2, 0.25) is 0 Å². The molecule has 9 heteroatoms. The molecular weight excluding hydrogens is 388 g/mol. The smallest absolute Gasteiger partial charge is 0.305 e. The second kappa shape index (κ2) is 6.98. The number of hydrogen-bond acceptors (Lipinski definition) is 3. The Hall–Kier alpha value is -3.23. The third kappa shape index (κ3) is 3.37. The molecule has 0 spiro atoms. The van der Waals surface area contributed by atoms with Crippen molar-refractivity contribution in [3.05, 3.63) is 65.7 Å². The number of halogens is 4. The lowest BCUT2D eigenvalue weighted by atomic mass is 10.0. The molecule has 1 atom stereocenters. The van der Waals surface area contributed by atoms with Crippen molar-refractivity contribution in [2.45, 2.75) is 19.1 Å². The largest absolute Gasteiger partial charge is 0.416 e. The quantitative estimate of drug-likeness (QED) is 0.607. The van der Waals surface area contributed by atoms with Crippen LogP contribution < -0.4 is 4.90 Å². The molecule has 1 amide bonds. The third-order valence-electron chi connectivity index (χ3n) is 4.87. The van der Waals surface area contributed by atoms with Gasteiger partial charge in [-0.15, -0.1) is 0 Å². The zero-order valence-corrected chi connectivity index (χ0v) is 15.3. The second-order valence-corrected chi connectivity index (χ2v) is 6.81. The van der Waals surface area contributed by atoms with Crippen molar-refractivity contribution in [1.82, 2.24) is 14.8 Å². The predicted molar refractivity (Wildman–Crippen MR) is 98.3 cm³/mol. The van der Waals surface area contributed by atoms with Gasteiger partial charge in [-0.25, -0.2) is 4.39 Å². The number of fused-ring (bicyclic) bond motifs is 1. The topological polar surface area (TPSA) is 51.0 Å². The highest BCUT2D eigenvalue weighted by Gasteiger charge is 2.36. The first-order valence-electron chi connectivity index (χ1n) is 8.85. The fraction of sp³-hybridized carbons (Fsp3) is 0.250. The maximum absolute atomic E-state index is 13.7. The van der Waals surface area contributed by atoms with Crippen LogP contribution in [0.15, 0.2) is 48.8 Å². The molecule has 0 radical (unpaired) electrons. The molecule has 0 saturated carbocycles. The van der Waals surface area contributed by atoms with E-state index >= 15 is 0 Å². The van der Waals surface area contributed by atoms with Crippen molar-refractivity contribution in [2.24, 2.45) is 0 Å². The highest BCUT2D eigenvalue weighted by atomic mass is 19.4. The Morgan fingerprint density at radius 2 is 1.90 bits per heavy atom. The summed E-state index contributed by atoms with van der Waals surface area (Å²) in [6.45, 7) is 1.01. The fourth-order valence-corrected chi connectivity index (χ4v) is 3.44. The van der Waals surface area contributed by atoms with Gasteiger partial charge in [0.15, 0.2) is 0 Å². The summed E-state index contributed by atoms with van der Waals surface area (Å²) in [7, 11) is 0. The molecule has 150 valence electrons. The lowest BCUT2D eigenvalue weighted by Gasteiger charge is -2.33. The molecule has 1 unspecified atom stereocenters. The summed E-state index contributed by atoms with van der Waals surface area (Å²) in [4.78, 5) is 18.6. The van der Waals surface area contributed by atoms with Gasteiger partial charge in [0.1, 0.15) is 12.4 Å². The van der Waals surface area contributed by atoms with Gasteiger partial charge >= 0.3 is 6.18 Å². The van der Waals surface area contributed by atoms with Gasteiger partial charge in [-0.1, -0.05) is 0 Å². The maximum atomic E-state index is 13.7. The van der Waals surface area contributed by atoms with Crippen LogP contribution in [0.2, 0.25) is 0 Å². The maximum Gasteiger partial charge on any atom is 0.416 e. The first-order valence-corrected chi connectivity index (χ1v) is 8.85. The van der Waals surface area contributed by atoms with E-state index in [2.05, 4.69) is 10.1 Å². The summed E-state index contributed by atoms with van der Waals surface area (Å²) in [5.74, 6) is -0.448. The lowest BCUT2D eigenvalue weighted by molar-refractivity contribution is -0.137. The summed E-state index contributed by atoms with van der Waals surface area (Å²) in [5, 5.41) is 4.20. The highest BCUT2D eigenvalue weighted by molar-refractivity contribution is 6.09. The van der Waals surface area contributed by atoms with Crippen LogP contribution in [0.5, 0.6) is 0 Å². The first kappa shape index (κ1) is 19.1. The van der Waals surface area contributed by atoms with Crippen LogP contribution in [0.25, 0.3) is 11.1 Å². The van der Waals surface area contributed by atoms with Crippen molar-refractivity contribution in [3.63, 3.8) is 0 Å². The molecule has 0 fully saturated rings. The zero-order chi connectivity index (χ0) is 20.8. The number of pyridine rings is 1. The Bertz CT molecular complexity index is 1060. The summed E-state index contributed by atoms with van der Waals surface area (Å²) in [6.07, 6.45) is -1.37. The van der Waals surface area contributed by atoms with Crippen LogP contribution in [0.1, 0.15) is 27.8 Å².